The van der Waals surface area contributed by atoms with Crippen LogP contribution in [0.25, 0.3) is 5.69 Å². The van der Waals surface area contributed by atoms with Crippen molar-refractivity contribution in [3.63, 3.8) is 0 Å². The van der Waals surface area contributed by atoms with Crippen molar-refractivity contribution in [3.05, 3.63) is 60.6 Å². The van der Waals surface area contributed by atoms with Gasteiger partial charge in [-0.05, 0) is 59.6 Å². The van der Waals surface area contributed by atoms with Crippen LogP contribution in [0, 0.1) is 11.8 Å². The molecule has 1 saturated carbocycles. The second-order valence-corrected chi connectivity index (χ2v) is 9.06. The van der Waals surface area contributed by atoms with Crippen LogP contribution in [0.15, 0.2) is 55.0 Å². The molecule has 0 spiro atoms. The number of carbonyl (C=O) groups excluding carboxylic acids is 1. The van der Waals surface area contributed by atoms with E-state index in [0.29, 0.717) is 44.0 Å². The molecule has 0 radical (unpaired) electrons. The fourth-order valence-corrected chi connectivity index (χ4v) is 4.83. The first kappa shape index (κ1) is 22.3. The van der Waals surface area contributed by atoms with Crippen LogP contribution in [0.2, 0.25) is 0 Å². The third-order valence-electron chi connectivity index (χ3n) is 6.97. The molecule has 34 heavy (non-hydrogen) atoms. The monoisotopic (exact) mass is 463 g/mol. The highest BCUT2D eigenvalue weighted by Gasteiger charge is 2.55. The normalized spacial score (nSPS) is 22.4. The predicted molar refractivity (Wildman–Crippen MR) is 123 cm³/mol. The number of rotatable bonds is 8. The molecule has 2 fully saturated rings. The summed E-state index contributed by atoms with van der Waals surface area (Å²) in [6, 6.07) is 13.4. The van der Waals surface area contributed by atoms with Crippen molar-refractivity contribution in [2.24, 2.45) is 17.6 Å². The van der Waals surface area contributed by atoms with E-state index in [2.05, 4.69) is 20.5 Å². The number of amides is 1. The van der Waals surface area contributed by atoms with E-state index in [1.54, 1.807) is 11.1 Å². The fraction of sp³-hybridized carbons (Fsp3) is 0.458. The van der Waals surface area contributed by atoms with Gasteiger partial charge in [0.15, 0.2) is 0 Å². The molecule has 2 N–H and O–H groups in total. The zero-order valence-corrected chi connectivity index (χ0v) is 19.0. The van der Waals surface area contributed by atoms with Crippen LogP contribution in [0.1, 0.15) is 31.2 Å². The topological polar surface area (TPSA) is 121 Å². The van der Waals surface area contributed by atoms with Gasteiger partial charge in [-0.25, -0.2) is 9.78 Å². The number of hydrogen-bond donors (Lipinski definition) is 1. The first-order valence-corrected chi connectivity index (χ1v) is 11.7. The van der Waals surface area contributed by atoms with Crippen LogP contribution in [-0.4, -0.2) is 61.4 Å². The molecule has 1 aromatic carbocycles. The summed E-state index contributed by atoms with van der Waals surface area (Å²) in [5, 5.41) is 11.1. The Morgan fingerprint density at radius 1 is 1.15 bits per heavy atom. The van der Waals surface area contributed by atoms with Gasteiger partial charge in [0.25, 0.3) is 0 Å². The van der Waals surface area contributed by atoms with Gasteiger partial charge in [0.05, 0.1) is 18.5 Å². The maximum atomic E-state index is 12.4. The van der Waals surface area contributed by atoms with Crippen LogP contribution in [0.3, 0.4) is 0 Å². The van der Waals surface area contributed by atoms with Gasteiger partial charge in [-0.1, -0.05) is 30.3 Å². The van der Waals surface area contributed by atoms with Gasteiger partial charge in [0.2, 0.25) is 5.88 Å². The second kappa shape index (κ2) is 9.76. The van der Waals surface area contributed by atoms with Gasteiger partial charge in [-0.15, -0.1) is 5.10 Å². The molecule has 1 saturated heterocycles. The van der Waals surface area contributed by atoms with Crippen LogP contribution in [-0.2, 0) is 11.3 Å². The Morgan fingerprint density at radius 3 is 2.68 bits per heavy atom. The van der Waals surface area contributed by atoms with Crippen molar-refractivity contribution in [1.82, 2.24) is 30.1 Å². The number of nitrogens with two attached hydrogens (primary N) is 1. The lowest BCUT2D eigenvalue weighted by molar-refractivity contribution is 0.0776. The summed E-state index contributed by atoms with van der Waals surface area (Å²) < 4.78 is 12.8. The zero-order valence-electron chi connectivity index (χ0n) is 19.0. The number of hydrogen-bond acceptors (Lipinski definition) is 8. The minimum atomic E-state index is -0.243. The number of benzene rings is 1. The quantitative estimate of drug-likeness (QED) is 0.541. The number of piperidine rings is 1. The van der Waals surface area contributed by atoms with Gasteiger partial charge >= 0.3 is 6.09 Å². The Hall–Kier alpha value is -3.53. The van der Waals surface area contributed by atoms with Crippen LogP contribution < -0.4 is 10.5 Å². The van der Waals surface area contributed by atoms with E-state index >= 15 is 0 Å². The summed E-state index contributed by atoms with van der Waals surface area (Å²) in [6.07, 6.45) is 6.67. The number of ether oxygens (including phenoxy) is 2. The van der Waals surface area contributed by atoms with E-state index in [1.165, 1.54) is 11.0 Å². The Morgan fingerprint density at radius 2 is 1.97 bits per heavy atom. The standard InChI is InChI=1S/C24H29N7O3/c25-24(19-8-11-30(12-9-19)23(32)34-16-18-4-2-1-3-5-18)14-20(24)10-13-33-22-7-6-21(15-26-22)31-17-27-28-29-31/h1-7,15,17,19-20H,8-14,16,25H2/t20-,24+/m1/s1. The minimum Gasteiger partial charge on any atom is -0.478 e. The lowest BCUT2D eigenvalue weighted by atomic mass is 9.86. The summed E-state index contributed by atoms with van der Waals surface area (Å²) in [5.74, 6) is 1.43. The highest BCUT2D eigenvalue weighted by molar-refractivity contribution is 5.67. The van der Waals surface area contributed by atoms with Crippen molar-refractivity contribution in [2.45, 2.75) is 37.8 Å². The number of pyridine rings is 1. The van der Waals surface area contributed by atoms with E-state index in [9.17, 15) is 4.79 Å². The first-order chi connectivity index (χ1) is 16.6. The average Bonchev–Trinajstić information content (AvgIpc) is 3.27. The Bertz CT molecular complexity index is 1070. The number of tetrazole rings is 1. The smallest absolute Gasteiger partial charge is 0.410 e. The summed E-state index contributed by atoms with van der Waals surface area (Å²) in [7, 11) is 0. The van der Waals surface area contributed by atoms with E-state index in [-0.39, 0.29) is 11.6 Å². The van der Waals surface area contributed by atoms with E-state index in [4.69, 9.17) is 15.2 Å². The Balaban J connectivity index is 1.02. The second-order valence-electron chi connectivity index (χ2n) is 9.06. The van der Waals surface area contributed by atoms with Crippen molar-refractivity contribution in [2.75, 3.05) is 19.7 Å². The molecular formula is C24H29N7O3. The van der Waals surface area contributed by atoms with Gasteiger partial charge < -0.3 is 20.1 Å². The molecule has 2 aromatic heterocycles. The molecule has 3 heterocycles. The van der Waals surface area contributed by atoms with E-state index < -0.39 is 0 Å². The molecule has 2 atom stereocenters. The molecule has 1 amide bonds. The lowest BCUT2D eigenvalue weighted by Crippen LogP contribution is -2.45. The summed E-state index contributed by atoms with van der Waals surface area (Å²) >= 11 is 0. The highest BCUT2D eigenvalue weighted by atomic mass is 16.6. The number of carbonyl (C=O) groups is 1. The molecule has 178 valence electrons. The molecule has 1 aliphatic heterocycles. The van der Waals surface area contributed by atoms with Gasteiger partial charge in [-0.3, -0.25) is 0 Å². The van der Waals surface area contributed by atoms with Crippen molar-refractivity contribution in [1.29, 1.82) is 0 Å². The number of aromatic nitrogens is 5. The average molecular weight is 464 g/mol. The van der Waals surface area contributed by atoms with Crippen molar-refractivity contribution < 1.29 is 14.3 Å². The Labute approximate surface area is 198 Å². The summed E-state index contributed by atoms with van der Waals surface area (Å²) in [5.41, 5.74) is 8.36. The highest BCUT2D eigenvalue weighted by Crippen LogP contribution is 2.51. The molecule has 1 aliphatic carbocycles. The van der Waals surface area contributed by atoms with Gasteiger partial charge in [0.1, 0.15) is 12.9 Å². The van der Waals surface area contributed by atoms with E-state index in [1.807, 2.05) is 42.5 Å². The van der Waals surface area contributed by atoms with Gasteiger partial charge in [0, 0.05) is 24.7 Å². The third kappa shape index (κ3) is 5.01. The summed E-state index contributed by atoms with van der Waals surface area (Å²) in [4.78, 5) is 18.5. The van der Waals surface area contributed by atoms with Crippen LogP contribution in [0.5, 0.6) is 5.88 Å². The molecular weight excluding hydrogens is 434 g/mol. The van der Waals surface area contributed by atoms with Gasteiger partial charge in [-0.2, -0.15) is 4.68 Å². The summed E-state index contributed by atoms with van der Waals surface area (Å²) in [6.45, 7) is 2.26. The number of nitrogens with zero attached hydrogens (tertiary/aromatic N) is 6. The maximum Gasteiger partial charge on any atom is 0.410 e. The molecule has 0 bridgehead atoms. The molecule has 3 aromatic rings. The maximum absolute atomic E-state index is 12.4. The molecule has 10 heteroatoms. The number of likely N-dealkylation sites (tertiary alicyclic amines) is 1. The third-order valence-corrected chi connectivity index (χ3v) is 6.97. The van der Waals surface area contributed by atoms with E-state index in [0.717, 1.165) is 36.9 Å². The Kier molecular flexibility index (Phi) is 6.39. The van der Waals surface area contributed by atoms with Crippen molar-refractivity contribution >= 4 is 6.09 Å². The van der Waals surface area contributed by atoms with Crippen LogP contribution >= 0.6 is 0 Å². The molecule has 2 aliphatic rings. The first-order valence-electron chi connectivity index (χ1n) is 11.7. The predicted octanol–water partition coefficient (Wildman–Crippen LogP) is 2.59. The molecule has 10 nitrogen and oxygen atoms in total. The lowest BCUT2D eigenvalue weighted by Gasteiger charge is -2.35. The SMILES string of the molecule is N[C@]1(C2CCN(C(=O)OCc3ccccc3)CC2)C[C@H]1CCOc1ccc(-n2cnnn2)cn1. The zero-order chi connectivity index (χ0) is 23.4. The fourth-order valence-electron chi connectivity index (χ4n) is 4.83. The van der Waals surface area contributed by atoms with Crippen LogP contribution in [0.4, 0.5) is 4.79 Å². The minimum absolute atomic E-state index is 0.152. The van der Waals surface area contributed by atoms with Crippen molar-refractivity contribution in [3.8, 4) is 11.6 Å². The molecule has 0 unspecified atom stereocenters. The largest absolute Gasteiger partial charge is 0.478 e. The molecule has 5 rings (SSSR count).